The second kappa shape index (κ2) is 29.8. The number of aromatic nitrogens is 1. The van der Waals surface area contributed by atoms with Gasteiger partial charge in [0.25, 0.3) is 0 Å². The Hall–Kier alpha value is -7.10. The minimum absolute atomic E-state index is 0.00746. The highest BCUT2D eigenvalue weighted by atomic mass is 33.1. The molecule has 2 fully saturated rings. The molecule has 1 unspecified atom stereocenters. The maximum Gasteiger partial charge on any atom is 0.246 e. The largest absolute Gasteiger partial charge is 0.370 e. The van der Waals surface area contributed by atoms with Crippen LogP contribution < -0.4 is 65.9 Å². The van der Waals surface area contributed by atoms with Crippen molar-refractivity contribution in [2.45, 2.75) is 138 Å². The van der Waals surface area contributed by atoms with E-state index in [9.17, 15) is 52.7 Å². The number of hydrogen-bond donors (Lipinski definition) is 13. The summed E-state index contributed by atoms with van der Waals surface area (Å²) in [6, 6.07) is -1.09. The number of carbonyl (C=O) groups excluding carboxylic acids is 11. The first-order valence-electron chi connectivity index (χ1n) is 25.1. The molecule has 4 rings (SSSR count). The van der Waals surface area contributed by atoms with Crippen molar-refractivity contribution in [3.63, 3.8) is 0 Å². The number of H-pyrrole nitrogens is 1. The third-order valence-electron chi connectivity index (χ3n) is 13.0. The summed E-state index contributed by atoms with van der Waals surface area (Å²) in [5.41, 5.74) is 28.5. The minimum atomic E-state index is -1.76. The maximum absolute atomic E-state index is 14.6. The van der Waals surface area contributed by atoms with Crippen LogP contribution in [0.4, 0.5) is 0 Å². The van der Waals surface area contributed by atoms with E-state index in [0.717, 1.165) is 45.9 Å². The number of amides is 11. The Kier molecular flexibility index (Phi) is 24.1. The standard InChI is InChI=1S/C48H73N15O11S2/c1-4-26(2)40-45(73)59-31(14-15-35(49)64)42(70)60-33(20-36(50)65)43(71)61-34(46(74)63(3)24-39(68)57-30(13-10-18-54-47(52)53)41(69)56-23-37(51)66)25-75-76-48(16-8-5-9-17-48)21-38(67)58-32(44(72)62-40)19-27-22-55-29-12-7-6-11-28(27)29/h6-7,11-12,22,26,30-34,40,55H,4-5,8-10,13-21,23-25H2,1-3H3,(H2,49,64)(H2,50,65)(H2,51,66)(H,56,69)(H,57,68)(H,58,67)(H,59,73)(H,60,70)(H,61,71)(H,62,72)(H4,52,53,54)/t26-,30-,31?,32+,33-,34-,40-/m0/s1. The van der Waals surface area contributed by atoms with Crippen LogP contribution in [-0.4, -0.2) is 154 Å². The number of rotatable bonds is 20. The topological polar surface area (TPSA) is 433 Å². The molecule has 1 saturated carbocycles. The summed E-state index contributed by atoms with van der Waals surface area (Å²) in [6.07, 6.45) is 4.25. The second-order valence-electron chi connectivity index (χ2n) is 19.2. The summed E-state index contributed by atoms with van der Waals surface area (Å²) in [5, 5.41) is 19.1. The molecule has 26 nitrogen and oxygen atoms in total. The average molecular weight is 1100 g/mol. The lowest BCUT2D eigenvalue weighted by molar-refractivity contribution is -0.139. The van der Waals surface area contributed by atoms with Gasteiger partial charge in [-0.1, -0.05) is 79.3 Å². The molecule has 18 N–H and O–H groups in total. The zero-order valence-corrected chi connectivity index (χ0v) is 44.7. The first kappa shape index (κ1) is 61.4. The Morgan fingerprint density at radius 3 is 2.16 bits per heavy atom. The molecule has 1 saturated heterocycles. The normalized spacial score (nSPS) is 21.7. The number of para-hydroxylation sites is 1. The minimum Gasteiger partial charge on any atom is -0.370 e. The van der Waals surface area contributed by atoms with Gasteiger partial charge in [0.2, 0.25) is 65.0 Å². The van der Waals surface area contributed by atoms with Crippen LogP contribution in [0.25, 0.3) is 10.9 Å². The molecule has 1 spiro atoms. The van der Waals surface area contributed by atoms with Crippen molar-refractivity contribution < 1.29 is 52.7 Å². The molecule has 0 radical (unpaired) electrons. The Morgan fingerprint density at radius 1 is 0.829 bits per heavy atom. The molecular formula is C48H73N15O11S2. The highest BCUT2D eigenvalue weighted by molar-refractivity contribution is 8.77. The number of hydrogen-bond acceptors (Lipinski definition) is 14. The Morgan fingerprint density at radius 2 is 1.50 bits per heavy atom. The lowest BCUT2D eigenvalue weighted by atomic mass is 9.85. The van der Waals surface area contributed by atoms with E-state index in [1.54, 1.807) is 20.0 Å². The van der Waals surface area contributed by atoms with Crippen molar-refractivity contribution in [2.24, 2.45) is 39.6 Å². The van der Waals surface area contributed by atoms with Gasteiger partial charge in [-0.05, 0) is 49.7 Å². The molecule has 2 heterocycles. The highest BCUT2D eigenvalue weighted by Crippen LogP contribution is 2.48. The molecule has 2 aromatic rings. The number of aliphatic imine (C=N–C) groups is 1. The first-order valence-corrected chi connectivity index (χ1v) is 27.4. The number of nitrogens with two attached hydrogens (primary N) is 5. The van der Waals surface area contributed by atoms with E-state index < -0.39 is 138 Å². The lowest BCUT2D eigenvalue weighted by Gasteiger charge is -2.36. The molecule has 1 aromatic heterocycles. The number of aromatic amines is 1. The summed E-state index contributed by atoms with van der Waals surface area (Å²) >= 11 is 0. The van der Waals surface area contributed by atoms with Gasteiger partial charge in [0.15, 0.2) is 5.96 Å². The first-order chi connectivity index (χ1) is 36.0. The average Bonchev–Trinajstić information content (AvgIpc) is 3.77. The fourth-order valence-electron chi connectivity index (χ4n) is 8.75. The van der Waals surface area contributed by atoms with E-state index in [4.69, 9.17) is 28.7 Å². The quantitative estimate of drug-likeness (QED) is 0.0280. The number of nitrogens with one attached hydrogen (secondary N) is 8. The number of carbonyl (C=O) groups is 11. The van der Waals surface area contributed by atoms with Crippen LogP contribution in [0.1, 0.15) is 96.5 Å². The second-order valence-corrected chi connectivity index (χ2v) is 22.0. The van der Waals surface area contributed by atoms with Crippen molar-refractivity contribution in [3.05, 3.63) is 36.0 Å². The number of guanidine groups is 1. The van der Waals surface area contributed by atoms with Gasteiger partial charge in [0.1, 0.15) is 36.3 Å². The summed E-state index contributed by atoms with van der Waals surface area (Å²) in [5.74, 6) is -10.1. The molecule has 418 valence electrons. The molecule has 1 aliphatic heterocycles. The SMILES string of the molecule is CC[C@H](C)[C@@H]1NC(=O)[C@@H](Cc2c[nH]c3ccccc23)NC(=O)CC2(CCCCC2)SSC[C@@H](C(=O)N(C)CC(=O)N[C@@H](CCCN=C(N)N)C(=O)NCC(N)=O)NC(=O)[C@H](CC(N)=O)NC(=O)C(CCC(N)=O)NC1=O. The molecule has 11 amide bonds. The molecule has 1 aliphatic carbocycles. The predicted molar refractivity (Wildman–Crippen MR) is 286 cm³/mol. The van der Waals surface area contributed by atoms with Crippen LogP contribution in [0.15, 0.2) is 35.5 Å². The predicted octanol–water partition coefficient (Wildman–Crippen LogP) is -2.59. The maximum atomic E-state index is 14.6. The molecule has 0 bridgehead atoms. The number of primary amides is 3. The number of benzene rings is 1. The van der Waals surface area contributed by atoms with E-state index in [-0.39, 0.29) is 50.4 Å². The molecule has 76 heavy (non-hydrogen) atoms. The summed E-state index contributed by atoms with van der Waals surface area (Å²) in [6.45, 7) is 2.40. The van der Waals surface area contributed by atoms with Crippen molar-refractivity contribution in [2.75, 3.05) is 32.4 Å². The zero-order chi connectivity index (χ0) is 56.1. The molecule has 28 heteroatoms. The monoisotopic (exact) mass is 1100 g/mol. The molecular weight excluding hydrogens is 1030 g/mol. The van der Waals surface area contributed by atoms with Gasteiger partial charge in [0.05, 0.1) is 19.5 Å². The Labute approximate surface area is 448 Å². The van der Waals surface area contributed by atoms with Crippen molar-refractivity contribution in [3.8, 4) is 0 Å². The van der Waals surface area contributed by atoms with Gasteiger partial charge in [-0.25, -0.2) is 0 Å². The lowest BCUT2D eigenvalue weighted by Crippen LogP contribution is -2.61. The van der Waals surface area contributed by atoms with Gasteiger partial charge in [-0.2, -0.15) is 0 Å². The van der Waals surface area contributed by atoms with Gasteiger partial charge < -0.3 is 75.8 Å². The van der Waals surface area contributed by atoms with Crippen LogP contribution >= 0.6 is 21.6 Å². The highest BCUT2D eigenvalue weighted by Gasteiger charge is 2.40. The van der Waals surface area contributed by atoms with Gasteiger partial charge in [-0.15, -0.1) is 0 Å². The third-order valence-corrected chi connectivity index (χ3v) is 16.3. The zero-order valence-electron chi connectivity index (χ0n) is 43.0. The van der Waals surface area contributed by atoms with Crippen LogP contribution in [-0.2, 0) is 59.2 Å². The van der Waals surface area contributed by atoms with Crippen molar-refractivity contribution in [1.82, 2.24) is 47.1 Å². The van der Waals surface area contributed by atoms with Crippen LogP contribution in [0.3, 0.4) is 0 Å². The van der Waals surface area contributed by atoms with E-state index in [1.165, 1.54) is 17.8 Å². The van der Waals surface area contributed by atoms with E-state index in [1.807, 2.05) is 24.3 Å². The van der Waals surface area contributed by atoms with Crippen LogP contribution in [0.2, 0.25) is 0 Å². The Bertz CT molecular complexity index is 2460. The van der Waals surface area contributed by atoms with Crippen molar-refractivity contribution >= 4 is 103 Å². The van der Waals surface area contributed by atoms with E-state index in [2.05, 4.69) is 47.2 Å². The summed E-state index contributed by atoms with van der Waals surface area (Å²) in [4.78, 5) is 157. The Balaban J connectivity index is 1.74. The smallest absolute Gasteiger partial charge is 0.246 e. The van der Waals surface area contributed by atoms with Crippen LogP contribution in [0, 0.1) is 5.92 Å². The third kappa shape index (κ3) is 19.6. The summed E-state index contributed by atoms with van der Waals surface area (Å²) < 4.78 is -0.730. The molecule has 1 aromatic carbocycles. The van der Waals surface area contributed by atoms with Gasteiger partial charge in [-0.3, -0.25) is 57.7 Å². The number of likely N-dealkylation sites (N-methyl/N-ethyl adjacent to an activating group) is 1. The van der Waals surface area contributed by atoms with Crippen molar-refractivity contribution in [1.29, 1.82) is 0 Å². The molecule has 7 atom stereocenters. The number of fused-ring (bicyclic) bond motifs is 1. The van der Waals surface area contributed by atoms with Crippen LogP contribution in [0.5, 0.6) is 0 Å². The van der Waals surface area contributed by atoms with E-state index >= 15 is 0 Å². The van der Waals surface area contributed by atoms with Gasteiger partial charge in [0, 0.05) is 60.5 Å². The number of nitrogens with zero attached hydrogens (tertiary/aromatic N) is 2. The summed E-state index contributed by atoms with van der Waals surface area (Å²) in [7, 11) is 3.75. The van der Waals surface area contributed by atoms with E-state index in [0.29, 0.717) is 24.8 Å². The van der Waals surface area contributed by atoms with Gasteiger partial charge >= 0.3 is 0 Å². The fourth-order valence-corrected chi connectivity index (χ4v) is 12.1. The fraction of sp³-hybridized carbons (Fsp3) is 0.583. The molecule has 2 aliphatic rings.